The summed E-state index contributed by atoms with van der Waals surface area (Å²) in [7, 11) is 0. The highest BCUT2D eigenvalue weighted by Crippen LogP contribution is 2.31. The van der Waals surface area contributed by atoms with Crippen LogP contribution in [0.15, 0.2) is 78.9 Å². The number of ether oxygens (including phenoxy) is 1. The molecule has 0 bridgehead atoms. The zero-order chi connectivity index (χ0) is 23.3. The van der Waals surface area contributed by atoms with Crippen LogP contribution in [0, 0.1) is 5.82 Å². The molecule has 1 atom stereocenters. The zero-order valence-corrected chi connectivity index (χ0v) is 18.6. The van der Waals surface area contributed by atoms with Crippen molar-refractivity contribution >= 4 is 11.8 Å². The second-order valence-electron chi connectivity index (χ2n) is 8.14. The normalized spacial score (nSPS) is 18.1. The van der Waals surface area contributed by atoms with Crippen LogP contribution < -0.4 is 5.32 Å². The van der Waals surface area contributed by atoms with Crippen LogP contribution in [-0.4, -0.2) is 48.6 Å². The minimum absolute atomic E-state index is 0.126. The predicted molar refractivity (Wildman–Crippen MR) is 125 cm³/mol. The van der Waals surface area contributed by atoms with Gasteiger partial charge in [0.05, 0.1) is 13.2 Å². The maximum atomic E-state index is 13.5. The van der Waals surface area contributed by atoms with Crippen molar-refractivity contribution in [3.05, 3.63) is 95.8 Å². The summed E-state index contributed by atoms with van der Waals surface area (Å²) < 4.78 is 19.6. The summed E-state index contributed by atoms with van der Waals surface area (Å²) in [5, 5.41) is 2.89. The van der Waals surface area contributed by atoms with E-state index >= 15 is 0 Å². The molecular weight excluding hydrogens is 419 g/mol. The summed E-state index contributed by atoms with van der Waals surface area (Å²) in [6.45, 7) is 3.12. The molecule has 0 radical (unpaired) electrons. The average Bonchev–Trinajstić information content (AvgIpc) is 2.85. The van der Waals surface area contributed by atoms with E-state index in [1.54, 1.807) is 29.2 Å². The van der Waals surface area contributed by atoms with Gasteiger partial charge in [0, 0.05) is 25.1 Å². The van der Waals surface area contributed by atoms with Crippen LogP contribution in [0.5, 0.6) is 0 Å². The van der Waals surface area contributed by atoms with Crippen LogP contribution >= 0.6 is 0 Å². The van der Waals surface area contributed by atoms with Crippen LogP contribution in [0.25, 0.3) is 11.1 Å². The van der Waals surface area contributed by atoms with Crippen molar-refractivity contribution in [1.82, 2.24) is 10.2 Å². The van der Waals surface area contributed by atoms with Gasteiger partial charge in [0.2, 0.25) is 0 Å². The summed E-state index contributed by atoms with van der Waals surface area (Å²) in [4.78, 5) is 28.1. The molecule has 0 saturated carbocycles. The SMILES string of the molecule is CCNC(=O)[C@]1(Cc2ccccc2-c2ccc(F)cc2)CN(C(=O)c2ccccc2)CCO1. The van der Waals surface area contributed by atoms with Crippen molar-refractivity contribution in [3.63, 3.8) is 0 Å². The monoisotopic (exact) mass is 446 g/mol. The Morgan fingerprint density at radius 2 is 1.70 bits per heavy atom. The van der Waals surface area contributed by atoms with Gasteiger partial charge in [-0.2, -0.15) is 0 Å². The Bertz CT molecular complexity index is 1120. The van der Waals surface area contributed by atoms with E-state index in [9.17, 15) is 14.0 Å². The molecule has 2 amide bonds. The van der Waals surface area contributed by atoms with Gasteiger partial charge in [-0.15, -0.1) is 0 Å². The highest BCUT2D eigenvalue weighted by molar-refractivity contribution is 5.95. The minimum Gasteiger partial charge on any atom is -0.361 e. The molecule has 1 aliphatic heterocycles. The molecule has 3 aromatic carbocycles. The number of morpholine rings is 1. The summed E-state index contributed by atoms with van der Waals surface area (Å²) in [6.07, 6.45) is 0.283. The van der Waals surface area contributed by atoms with Crippen LogP contribution in [0.3, 0.4) is 0 Å². The van der Waals surface area contributed by atoms with Gasteiger partial charge in [-0.25, -0.2) is 4.39 Å². The molecule has 6 heteroatoms. The number of hydrogen-bond donors (Lipinski definition) is 1. The van der Waals surface area contributed by atoms with Gasteiger partial charge >= 0.3 is 0 Å². The van der Waals surface area contributed by atoms with Gasteiger partial charge in [0.25, 0.3) is 11.8 Å². The first-order valence-corrected chi connectivity index (χ1v) is 11.1. The first-order chi connectivity index (χ1) is 16.0. The molecule has 170 valence electrons. The maximum Gasteiger partial charge on any atom is 0.254 e. The predicted octanol–water partition coefficient (Wildman–Crippen LogP) is 4.08. The maximum absolute atomic E-state index is 13.5. The topological polar surface area (TPSA) is 58.6 Å². The lowest BCUT2D eigenvalue weighted by atomic mass is 9.87. The molecule has 33 heavy (non-hydrogen) atoms. The summed E-state index contributed by atoms with van der Waals surface area (Å²) >= 11 is 0. The highest BCUT2D eigenvalue weighted by atomic mass is 19.1. The lowest BCUT2D eigenvalue weighted by Gasteiger charge is -2.42. The number of halogens is 1. The average molecular weight is 447 g/mol. The number of amides is 2. The van der Waals surface area contributed by atoms with Crippen molar-refractivity contribution < 1.29 is 18.7 Å². The van der Waals surface area contributed by atoms with Crippen LogP contribution in [0.1, 0.15) is 22.8 Å². The molecule has 1 heterocycles. The molecule has 5 nitrogen and oxygen atoms in total. The Morgan fingerprint density at radius 1 is 1.00 bits per heavy atom. The molecule has 1 N–H and O–H groups in total. The van der Waals surface area contributed by atoms with Crippen molar-refractivity contribution in [2.45, 2.75) is 18.9 Å². The zero-order valence-electron chi connectivity index (χ0n) is 18.6. The quantitative estimate of drug-likeness (QED) is 0.621. The van der Waals surface area contributed by atoms with Crippen molar-refractivity contribution in [3.8, 4) is 11.1 Å². The summed E-state index contributed by atoms with van der Waals surface area (Å²) in [6, 6.07) is 23.0. The van der Waals surface area contributed by atoms with Gasteiger partial charge < -0.3 is 15.0 Å². The molecule has 1 aliphatic rings. The van der Waals surface area contributed by atoms with Gasteiger partial charge in [-0.05, 0) is 47.9 Å². The lowest BCUT2D eigenvalue weighted by Crippen LogP contribution is -2.62. The Kier molecular flexibility index (Phi) is 6.84. The largest absolute Gasteiger partial charge is 0.361 e. The number of nitrogens with one attached hydrogen (secondary N) is 1. The molecule has 1 fully saturated rings. The second-order valence-corrected chi connectivity index (χ2v) is 8.14. The molecule has 0 aliphatic carbocycles. The van der Waals surface area contributed by atoms with Crippen molar-refractivity contribution in [1.29, 1.82) is 0 Å². The number of carbonyl (C=O) groups excluding carboxylic acids is 2. The lowest BCUT2D eigenvalue weighted by molar-refractivity contribution is -0.157. The number of carbonyl (C=O) groups is 2. The number of benzene rings is 3. The van der Waals surface area contributed by atoms with E-state index in [2.05, 4.69) is 5.32 Å². The Hall–Kier alpha value is -3.51. The van der Waals surface area contributed by atoms with E-state index < -0.39 is 5.60 Å². The van der Waals surface area contributed by atoms with Crippen LogP contribution in [-0.2, 0) is 16.0 Å². The molecule has 4 rings (SSSR count). The number of hydrogen-bond acceptors (Lipinski definition) is 3. The van der Waals surface area contributed by atoms with Gasteiger partial charge in [-0.3, -0.25) is 9.59 Å². The van der Waals surface area contributed by atoms with E-state index in [0.29, 0.717) is 18.7 Å². The van der Waals surface area contributed by atoms with E-state index in [-0.39, 0.29) is 37.2 Å². The Morgan fingerprint density at radius 3 is 2.42 bits per heavy atom. The van der Waals surface area contributed by atoms with E-state index in [1.807, 2.05) is 49.4 Å². The Labute approximate surface area is 193 Å². The fraction of sp³-hybridized carbons (Fsp3) is 0.259. The summed E-state index contributed by atoms with van der Waals surface area (Å²) in [5.41, 5.74) is 2.00. The summed E-state index contributed by atoms with van der Waals surface area (Å²) in [5.74, 6) is -0.676. The van der Waals surface area contributed by atoms with E-state index in [1.165, 1.54) is 12.1 Å². The first-order valence-electron chi connectivity index (χ1n) is 11.1. The minimum atomic E-state index is -1.23. The first kappa shape index (κ1) is 22.7. The van der Waals surface area contributed by atoms with E-state index in [4.69, 9.17) is 4.74 Å². The fourth-order valence-electron chi connectivity index (χ4n) is 4.26. The third-order valence-electron chi connectivity index (χ3n) is 5.89. The van der Waals surface area contributed by atoms with Crippen LogP contribution in [0.2, 0.25) is 0 Å². The van der Waals surface area contributed by atoms with Crippen LogP contribution in [0.4, 0.5) is 4.39 Å². The smallest absolute Gasteiger partial charge is 0.254 e. The molecule has 1 saturated heterocycles. The van der Waals surface area contributed by atoms with Gasteiger partial charge in [0.15, 0.2) is 5.60 Å². The van der Waals surface area contributed by atoms with Crippen molar-refractivity contribution in [2.75, 3.05) is 26.2 Å². The number of nitrogens with zero attached hydrogens (tertiary/aromatic N) is 1. The van der Waals surface area contributed by atoms with E-state index in [0.717, 1.165) is 16.7 Å². The molecule has 0 aromatic heterocycles. The number of likely N-dealkylation sites (N-methyl/N-ethyl adjacent to an activating group) is 1. The molecule has 0 spiro atoms. The third kappa shape index (κ3) is 4.96. The number of rotatable bonds is 6. The highest BCUT2D eigenvalue weighted by Gasteiger charge is 2.45. The standard InChI is InChI=1S/C27H27FN2O3/c1-2-29-26(32)27(19-30(16-17-33-27)25(31)21-8-4-3-5-9-21)18-22-10-6-7-11-24(22)20-12-14-23(28)15-13-20/h3-15H,2,16-19H2,1H3,(H,29,32)/t27-/m0/s1. The van der Waals surface area contributed by atoms with Gasteiger partial charge in [-0.1, -0.05) is 54.6 Å². The molecule has 3 aromatic rings. The fourth-order valence-corrected chi connectivity index (χ4v) is 4.26. The Balaban J connectivity index is 1.68. The van der Waals surface area contributed by atoms with Crippen molar-refractivity contribution in [2.24, 2.45) is 0 Å². The second kappa shape index (κ2) is 9.96. The third-order valence-corrected chi connectivity index (χ3v) is 5.89. The van der Waals surface area contributed by atoms with Gasteiger partial charge in [0.1, 0.15) is 5.82 Å². The molecule has 0 unspecified atom stereocenters. The molecular formula is C27H27FN2O3.